The molecule has 0 radical (unpaired) electrons. The van der Waals surface area contributed by atoms with Crippen molar-refractivity contribution in [3.63, 3.8) is 0 Å². The van der Waals surface area contributed by atoms with Crippen molar-refractivity contribution < 1.29 is 0 Å². The smallest absolute Gasteiger partial charge is 0.0406 e. The lowest BCUT2D eigenvalue weighted by atomic mass is 9.77. The molecule has 1 aromatic rings. The predicted octanol–water partition coefficient (Wildman–Crippen LogP) is 13.1. The Balaban J connectivity index is -0.000000651. The van der Waals surface area contributed by atoms with Crippen LogP contribution in [0.4, 0.5) is 0 Å². The molecule has 5 heteroatoms. The summed E-state index contributed by atoms with van der Waals surface area (Å²) in [6.45, 7) is 47.6. The first-order valence-electron chi connectivity index (χ1n) is 19.3. The molecule has 1 heterocycles. The van der Waals surface area contributed by atoms with Gasteiger partial charge in [0.25, 0.3) is 0 Å². The molecule has 0 spiro atoms. The van der Waals surface area contributed by atoms with E-state index in [-0.39, 0.29) is 11.0 Å². The Morgan fingerprint density at radius 1 is 0.939 bits per heavy atom. The van der Waals surface area contributed by atoms with Gasteiger partial charge in [-0.1, -0.05) is 152 Å². The average Bonchev–Trinajstić information content (AvgIpc) is 3.51. The number of halogens is 1. The van der Waals surface area contributed by atoms with Gasteiger partial charge in [-0.3, -0.25) is 0 Å². The maximum atomic E-state index is 5.98. The standard InChI is InChI=1S/C19H28ClN.C12H22N2.C6H13N.C3H8.2C2H6/c1-6-18(19(3,4)5)14(2)21-12-11-16(13-21)15-7-9-17(20)10-8-15;1-4-14-12(9(2)10(3)13)8-11-6-5-7-11;1-5-7-6(2,3)4;1-3-2;2*1-2/h7-10,16,18H,2,6,11-13H2,1,3-5H3;4,9,11-12,14H,1,3,5-8,13H2,2H3;5,7H,1H2,2-4H3;3H2,1-2H3;2*1-2H3. The van der Waals surface area contributed by atoms with Crippen LogP contribution in [0.2, 0.25) is 5.02 Å². The van der Waals surface area contributed by atoms with E-state index in [1.807, 2.05) is 39.8 Å². The van der Waals surface area contributed by atoms with Gasteiger partial charge in [0, 0.05) is 58.8 Å². The Labute approximate surface area is 312 Å². The number of nitrogens with zero attached hydrogens (tertiary/aromatic N) is 1. The Bertz CT molecular complexity index is 982. The van der Waals surface area contributed by atoms with E-state index < -0.39 is 0 Å². The second-order valence-electron chi connectivity index (χ2n) is 15.0. The molecule has 4 atom stereocenters. The van der Waals surface area contributed by atoms with E-state index in [1.54, 1.807) is 12.4 Å². The van der Waals surface area contributed by atoms with Gasteiger partial charge in [0.05, 0.1) is 0 Å². The van der Waals surface area contributed by atoms with Crippen molar-refractivity contribution in [2.24, 2.45) is 28.9 Å². The van der Waals surface area contributed by atoms with E-state index in [4.69, 9.17) is 17.3 Å². The topological polar surface area (TPSA) is 53.3 Å². The number of hydrogen-bond donors (Lipinski definition) is 3. The molecule has 0 bridgehead atoms. The number of allylic oxidation sites excluding steroid dienone is 1. The van der Waals surface area contributed by atoms with Crippen molar-refractivity contribution in [3.05, 3.63) is 85.0 Å². The van der Waals surface area contributed by atoms with Crippen molar-refractivity contribution in [1.29, 1.82) is 0 Å². The minimum Gasteiger partial charge on any atom is -0.402 e. The fourth-order valence-electron chi connectivity index (χ4n) is 5.82. The molecule has 0 aromatic heterocycles. The molecule has 286 valence electrons. The second kappa shape index (κ2) is 28.4. The Morgan fingerprint density at radius 3 is 1.78 bits per heavy atom. The highest BCUT2D eigenvalue weighted by Crippen LogP contribution is 2.39. The first-order valence-corrected chi connectivity index (χ1v) is 19.7. The van der Waals surface area contributed by atoms with Crippen LogP contribution in [-0.2, 0) is 0 Å². The van der Waals surface area contributed by atoms with Crippen LogP contribution in [0.5, 0.6) is 0 Å². The summed E-state index contributed by atoms with van der Waals surface area (Å²) in [5.41, 5.74) is 9.69. The molecule has 2 fully saturated rings. The summed E-state index contributed by atoms with van der Waals surface area (Å²) in [5, 5.41) is 7.15. The van der Waals surface area contributed by atoms with Crippen molar-refractivity contribution in [1.82, 2.24) is 15.5 Å². The van der Waals surface area contributed by atoms with E-state index in [9.17, 15) is 0 Å². The van der Waals surface area contributed by atoms with Crippen molar-refractivity contribution >= 4 is 11.6 Å². The molecule has 4 unspecified atom stereocenters. The average molecular weight is 704 g/mol. The summed E-state index contributed by atoms with van der Waals surface area (Å²) in [7, 11) is 0. The van der Waals surface area contributed by atoms with Crippen LogP contribution >= 0.6 is 11.6 Å². The van der Waals surface area contributed by atoms with Gasteiger partial charge < -0.3 is 21.3 Å². The number of nitrogens with one attached hydrogen (secondary N) is 2. The Morgan fingerprint density at radius 2 is 1.45 bits per heavy atom. The van der Waals surface area contributed by atoms with Gasteiger partial charge in [-0.15, -0.1) is 0 Å². The first kappa shape index (κ1) is 51.0. The highest BCUT2D eigenvalue weighted by molar-refractivity contribution is 6.30. The van der Waals surface area contributed by atoms with Crippen LogP contribution < -0.4 is 16.4 Å². The normalized spacial score (nSPS) is 16.9. The van der Waals surface area contributed by atoms with E-state index in [0.29, 0.717) is 23.8 Å². The summed E-state index contributed by atoms with van der Waals surface area (Å²) < 4.78 is 0. The van der Waals surface area contributed by atoms with Gasteiger partial charge in [-0.05, 0) is 81.5 Å². The van der Waals surface area contributed by atoms with Crippen LogP contribution in [0.15, 0.2) is 74.4 Å². The van der Waals surface area contributed by atoms with Gasteiger partial charge in [-0.25, -0.2) is 0 Å². The molecule has 4 N–H and O–H groups in total. The zero-order valence-corrected chi connectivity index (χ0v) is 35.7. The third-order valence-electron chi connectivity index (χ3n) is 8.66. The summed E-state index contributed by atoms with van der Waals surface area (Å²) >= 11 is 5.98. The molecule has 2 aliphatic rings. The maximum absolute atomic E-state index is 5.98. The molecular formula is C44H83ClN4. The molecule has 1 saturated heterocycles. The molecule has 3 rings (SSSR count). The second-order valence-corrected chi connectivity index (χ2v) is 15.4. The van der Waals surface area contributed by atoms with Crippen LogP contribution in [0, 0.1) is 23.2 Å². The van der Waals surface area contributed by atoms with Crippen LogP contribution in [0.25, 0.3) is 0 Å². The molecule has 4 nitrogen and oxygen atoms in total. The number of rotatable bonds is 11. The third-order valence-corrected chi connectivity index (χ3v) is 8.91. The van der Waals surface area contributed by atoms with Crippen LogP contribution in [0.1, 0.15) is 153 Å². The zero-order valence-electron chi connectivity index (χ0n) is 34.9. The van der Waals surface area contributed by atoms with E-state index in [1.165, 1.54) is 49.8 Å². The Kier molecular flexibility index (Phi) is 29.6. The number of hydrogen-bond acceptors (Lipinski definition) is 4. The number of likely N-dealkylation sites (tertiary alicyclic amines) is 1. The molecule has 1 aliphatic heterocycles. The largest absolute Gasteiger partial charge is 0.402 e. The van der Waals surface area contributed by atoms with Gasteiger partial charge in [0.15, 0.2) is 0 Å². The van der Waals surface area contributed by atoms with Crippen LogP contribution in [-0.4, -0.2) is 29.6 Å². The van der Waals surface area contributed by atoms with Crippen molar-refractivity contribution in [2.75, 3.05) is 13.1 Å². The quantitative estimate of drug-likeness (QED) is 0.215. The molecule has 1 aromatic carbocycles. The predicted molar refractivity (Wildman–Crippen MR) is 226 cm³/mol. The zero-order chi connectivity index (χ0) is 38.8. The lowest BCUT2D eigenvalue weighted by Gasteiger charge is -2.36. The van der Waals surface area contributed by atoms with E-state index in [0.717, 1.165) is 36.1 Å². The van der Waals surface area contributed by atoms with Gasteiger partial charge in [-0.2, -0.15) is 0 Å². The minimum absolute atomic E-state index is 0.182. The number of nitrogens with two attached hydrogens (primary N) is 1. The molecule has 0 amide bonds. The minimum atomic E-state index is 0.182. The van der Waals surface area contributed by atoms with Gasteiger partial charge in [0.2, 0.25) is 0 Å². The first-order chi connectivity index (χ1) is 22.9. The third kappa shape index (κ3) is 22.9. The monoisotopic (exact) mass is 703 g/mol. The fourth-order valence-corrected chi connectivity index (χ4v) is 5.94. The molecule has 1 saturated carbocycles. The Hall–Kier alpha value is -2.33. The van der Waals surface area contributed by atoms with Crippen molar-refractivity contribution in [3.8, 4) is 0 Å². The summed E-state index contributed by atoms with van der Waals surface area (Å²) in [4.78, 5) is 2.50. The van der Waals surface area contributed by atoms with E-state index in [2.05, 4.69) is 123 Å². The van der Waals surface area contributed by atoms with Gasteiger partial charge >= 0.3 is 0 Å². The highest BCUT2D eigenvalue weighted by atomic mass is 35.5. The summed E-state index contributed by atoms with van der Waals surface area (Å²) in [6, 6.07) is 8.74. The highest BCUT2D eigenvalue weighted by Gasteiger charge is 2.32. The fraction of sp³-hybridized carbons (Fsp3) is 0.682. The maximum Gasteiger partial charge on any atom is 0.0406 e. The lowest BCUT2D eigenvalue weighted by Crippen LogP contribution is -2.36. The van der Waals surface area contributed by atoms with E-state index >= 15 is 0 Å². The lowest BCUT2D eigenvalue weighted by molar-refractivity contribution is 0.218. The van der Waals surface area contributed by atoms with Crippen LogP contribution in [0.3, 0.4) is 0 Å². The number of benzene rings is 1. The SMILES string of the molecule is C=C(C(CC)C(C)(C)C)N1CCC(c2ccc(Cl)cc2)C1.C=CNC(C)(C)C.C=CNC(CC1CCC1)C(C)C(=C)N.CC.CC.CCC. The molecule has 1 aliphatic carbocycles. The summed E-state index contributed by atoms with van der Waals surface area (Å²) in [6.07, 6.45) is 12.4. The van der Waals surface area contributed by atoms with Gasteiger partial charge in [0.1, 0.15) is 0 Å². The van der Waals surface area contributed by atoms with Crippen molar-refractivity contribution in [2.45, 2.75) is 159 Å². The summed E-state index contributed by atoms with van der Waals surface area (Å²) in [5.74, 6) is 2.38. The molecular weight excluding hydrogens is 620 g/mol. The molecule has 49 heavy (non-hydrogen) atoms.